The Morgan fingerprint density at radius 3 is 3.12 bits per heavy atom. The minimum absolute atomic E-state index is 0.0728. The average molecular weight is 241 g/mol. The summed E-state index contributed by atoms with van der Waals surface area (Å²) in [5.74, 6) is 0.0728. The monoisotopic (exact) mass is 241 g/mol. The van der Waals surface area contributed by atoms with Gasteiger partial charge >= 0.3 is 0 Å². The molecule has 0 spiro atoms. The van der Waals surface area contributed by atoms with Gasteiger partial charge < -0.3 is 20.3 Å². The second kappa shape index (κ2) is 6.33. The Balaban J connectivity index is 1.71. The van der Waals surface area contributed by atoms with Gasteiger partial charge in [0.25, 0.3) is 0 Å². The van der Waals surface area contributed by atoms with E-state index < -0.39 is 0 Å². The van der Waals surface area contributed by atoms with Crippen molar-refractivity contribution in [3.63, 3.8) is 0 Å². The standard InChI is InChI=1S/C12H23N3O2/c1-15-6-3-2-4-10(15)8-14-12(16)11-9-17-7-5-13-11/h10-11,13H,2-9H2,1H3,(H,14,16). The van der Waals surface area contributed by atoms with Crippen LogP contribution in [0.1, 0.15) is 19.3 Å². The van der Waals surface area contributed by atoms with Gasteiger partial charge in [0.2, 0.25) is 5.91 Å². The average Bonchev–Trinajstić information content (AvgIpc) is 2.38. The Hall–Kier alpha value is -0.650. The van der Waals surface area contributed by atoms with E-state index in [0.29, 0.717) is 19.3 Å². The molecule has 2 N–H and O–H groups in total. The third-order valence-electron chi connectivity index (χ3n) is 3.67. The Kier molecular flexibility index (Phi) is 4.76. The molecule has 2 aliphatic heterocycles. The van der Waals surface area contributed by atoms with Crippen molar-refractivity contribution >= 4 is 5.91 Å². The molecule has 1 amide bonds. The van der Waals surface area contributed by atoms with Crippen molar-refractivity contribution in [3.8, 4) is 0 Å². The third kappa shape index (κ3) is 3.66. The molecule has 0 aromatic carbocycles. The Bertz CT molecular complexity index is 254. The van der Waals surface area contributed by atoms with Gasteiger partial charge in [-0.3, -0.25) is 4.79 Å². The van der Waals surface area contributed by atoms with Crippen molar-refractivity contribution < 1.29 is 9.53 Å². The van der Waals surface area contributed by atoms with E-state index in [-0.39, 0.29) is 11.9 Å². The van der Waals surface area contributed by atoms with Gasteiger partial charge in [-0.05, 0) is 26.4 Å². The summed E-state index contributed by atoms with van der Waals surface area (Å²) >= 11 is 0. The number of likely N-dealkylation sites (tertiary alicyclic amines) is 1. The van der Waals surface area contributed by atoms with E-state index in [1.165, 1.54) is 19.3 Å². The first-order valence-corrected chi connectivity index (χ1v) is 6.56. The molecule has 0 saturated carbocycles. The van der Waals surface area contributed by atoms with Crippen molar-refractivity contribution in [1.29, 1.82) is 0 Å². The summed E-state index contributed by atoms with van der Waals surface area (Å²) in [4.78, 5) is 14.2. The van der Waals surface area contributed by atoms with E-state index in [2.05, 4.69) is 22.6 Å². The van der Waals surface area contributed by atoms with Crippen LogP contribution in [-0.4, -0.2) is 62.8 Å². The molecule has 0 aromatic heterocycles. The van der Waals surface area contributed by atoms with Crippen molar-refractivity contribution in [2.75, 3.05) is 39.9 Å². The SMILES string of the molecule is CN1CCCCC1CNC(=O)C1COCCN1. The maximum absolute atomic E-state index is 11.9. The maximum Gasteiger partial charge on any atom is 0.239 e. The number of piperidine rings is 1. The van der Waals surface area contributed by atoms with Gasteiger partial charge in [0, 0.05) is 19.1 Å². The smallest absolute Gasteiger partial charge is 0.239 e. The van der Waals surface area contributed by atoms with E-state index in [1.54, 1.807) is 0 Å². The van der Waals surface area contributed by atoms with Gasteiger partial charge in [0.15, 0.2) is 0 Å². The quantitative estimate of drug-likeness (QED) is 0.704. The Morgan fingerprint density at radius 2 is 2.41 bits per heavy atom. The van der Waals surface area contributed by atoms with Crippen LogP contribution in [0.5, 0.6) is 0 Å². The summed E-state index contributed by atoms with van der Waals surface area (Å²) in [5.41, 5.74) is 0. The van der Waals surface area contributed by atoms with E-state index in [1.807, 2.05) is 0 Å². The zero-order valence-corrected chi connectivity index (χ0v) is 10.6. The van der Waals surface area contributed by atoms with Crippen LogP contribution in [0.4, 0.5) is 0 Å². The fourth-order valence-electron chi connectivity index (χ4n) is 2.48. The molecule has 5 heteroatoms. The van der Waals surface area contributed by atoms with Crippen LogP contribution in [0.25, 0.3) is 0 Å². The van der Waals surface area contributed by atoms with E-state index in [4.69, 9.17) is 4.74 Å². The number of hydrogen-bond donors (Lipinski definition) is 2. The molecule has 17 heavy (non-hydrogen) atoms. The maximum atomic E-state index is 11.9. The van der Waals surface area contributed by atoms with Crippen molar-refractivity contribution in [2.24, 2.45) is 0 Å². The summed E-state index contributed by atoms with van der Waals surface area (Å²) < 4.78 is 5.28. The van der Waals surface area contributed by atoms with Crippen LogP contribution < -0.4 is 10.6 Å². The lowest BCUT2D eigenvalue weighted by Crippen LogP contribution is -2.53. The van der Waals surface area contributed by atoms with Gasteiger partial charge in [-0.15, -0.1) is 0 Å². The summed E-state index contributed by atoms with van der Waals surface area (Å²) in [7, 11) is 2.14. The van der Waals surface area contributed by atoms with E-state index in [9.17, 15) is 4.79 Å². The largest absolute Gasteiger partial charge is 0.378 e. The number of likely N-dealkylation sites (N-methyl/N-ethyl adjacent to an activating group) is 1. The molecule has 98 valence electrons. The van der Waals surface area contributed by atoms with Crippen molar-refractivity contribution in [1.82, 2.24) is 15.5 Å². The normalized spacial score (nSPS) is 31.1. The Labute approximate surface area is 103 Å². The van der Waals surface area contributed by atoms with Crippen molar-refractivity contribution in [3.05, 3.63) is 0 Å². The molecule has 2 aliphatic rings. The Morgan fingerprint density at radius 1 is 1.53 bits per heavy atom. The first-order chi connectivity index (χ1) is 8.27. The molecule has 0 radical (unpaired) electrons. The molecule has 0 aliphatic carbocycles. The molecular formula is C12H23N3O2. The molecule has 2 heterocycles. The van der Waals surface area contributed by atoms with Gasteiger partial charge in [0.1, 0.15) is 6.04 Å². The first kappa shape index (κ1) is 12.8. The molecule has 2 atom stereocenters. The molecule has 0 aromatic rings. The van der Waals surface area contributed by atoms with Gasteiger partial charge in [-0.2, -0.15) is 0 Å². The number of hydrogen-bond acceptors (Lipinski definition) is 4. The number of ether oxygens (including phenoxy) is 1. The number of morpholine rings is 1. The first-order valence-electron chi connectivity index (χ1n) is 6.56. The van der Waals surface area contributed by atoms with Crippen LogP contribution in [0, 0.1) is 0 Å². The van der Waals surface area contributed by atoms with Crippen LogP contribution in [-0.2, 0) is 9.53 Å². The number of amides is 1. The van der Waals surface area contributed by atoms with Gasteiger partial charge in [-0.25, -0.2) is 0 Å². The van der Waals surface area contributed by atoms with E-state index in [0.717, 1.165) is 19.6 Å². The minimum atomic E-state index is -0.169. The third-order valence-corrected chi connectivity index (χ3v) is 3.67. The topological polar surface area (TPSA) is 53.6 Å². The fourth-order valence-corrected chi connectivity index (χ4v) is 2.48. The molecule has 0 bridgehead atoms. The lowest BCUT2D eigenvalue weighted by molar-refractivity contribution is -0.126. The van der Waals surface area contributed by atoms with Crippen LogP contribution >= 0.6 is 0 Å². The molecule has 5 nitrogen and oxygen atoms in total. The molecular weight excluding hydrogens is 218 g/mol. The highest BCUT2D eigenvalue weighted by atomic mass is 16.5. The summed E-state index contributed by atoms with van der Waals surface area (Å²) in [6.07, 6.45) is 3.74. The number of rotatable bonds is 3. The number of nitrogens with one attached hydrogen (secondary N) is 2. The molecule has 2 unspecified atom stereocenters. The van der Waals surface area contributed by atoms with E-state index >= 15 is 0 Å². The predicted octanol–water partition coefficient (Wildman–Crippen LogP) is -0.425. The highest BCUT2D eigenvalue weighted by Crippen LogP contribution is 2.13. The van der Waals surface area contributed by atoms with Gasteiger partial charge in [0.05, 0.1) is 13.2 Å². The highest BCUT2D eigenvalue weighted by molar-refractivity contribution is 5.82. The second-order valence-electron chi connectivity index (χ2n) is 4.96. The summed E-state index contributed by atoms with van der Waals surface area (Å²) in [6.45, 7) is 3.86. The summed E-state index contributed by atoms with van der Waals surface area (Å²) in [5, 5.41) is 6.20. The van der Waals surface area contributed by atoms with Crippen LogP contribution in [0.3, 0.4) is 0 Å². The highest BCUT2D eigenvalue weighted by Gasteiger charge is 2.23. The predicted molar refractivity (Wildman–Crippen MR) is 65.9 cm³/mol. The fraction of sp³-hybridized carbons (Fsp3) is 0.917. The molecule has 2 rings (SSSR count). The number of carbonyl (C=O) groups excluding carboxylic acids is 1. The lowest BCUT2D eigenvalue weighted by atomic mass is 10.0. The van der Waals surface area contributed by atoms with Crippen molar-refractivity contribution in [2.45, 2.75) is 31.3 Å². The molecule has 2 saturated heterocycles. The number of nitrogens with zero attached hydrogens (tertiary/aromatic N) is 1. The molecule has 2 fully saturated rings. The van der Waals surface area contributed by atoms with Gasteiger partial charge in [-0.1, -0.05) is 6.42 Å². The second-order valence-corrected chi connectivity index (χ2v) is 4.96. The minimum Gasteiger partial charge on any atom is -0.378 e. The van der Waals surface area contributed by atoms with Crippen LogP contribution in [0.2, 0.25) is 0 Å². The zero-order chi connectivity index (χ0) is 12.1. The number of carbonyl (C=O) groups is 1. The lowest BCUT2D eigenvalue weighted by Gasteiger charge is -2.33. The van der Waals surface area contributed by atoms with Crippen LogP contribution in [0.15, 0.2) is 0 Å². The summed E-state index contributed by atoms with van der Waals surface area (Å²) in [6, 6.07) is 0.329. The zero-order valence-electron chi connectivity index (χ0n) is 10.6.